The molecule has 0 aliphatic carbocycles. The Balaban J connectivity index is 2.34. The molecule has 16 heavy (non-hydrogen) atoms. The van der Waals surface area contributed by atoms with Crippen LogP contribution < -0.4 is 5.69 Å². The van der Waals surface area contributed by atoms with Gasteiger partial charge in [0.15, 0.2) is 0 Å². The molecule has 0 amide bonds. The van der Waals surface area contributed by atoms with Gasteiger partial charge in [0.1, 0.15) is 12.2 Å². The lowest BCUT2D eigenvalue weighted by molar-refractivity contribution is -0.143. The molecule has 0 fully saturated rings. The van der Waals surface area contributed by atoms with Gasteiger partial charge >= 0.3 is 11.7 Å². The van der Waals surface area contributed by atoms with Gasteiger partial charge in [0, 0.05) is 18.6 Å². The SMILES string of the molecule is CCOC(=O)Cn1ccc2nccn2c1=O. The van der Waals surface area contributed by atoms with Crippen molar-refractivity contribution in [3.05, 3.63) is 35.1 Å². The van der Waals surface area contributed by atoms with E-state index in [1.54, 1.807) is 19.2 Å². The van der Waals surface area contributed by atoms with Gasteiger partial charge in [-0.05, 0) is 13.0 Å². The average molecular weight is 221 g/mol. The van der Waals surface area contributed by atoms with E-state index in [1.807, 2.05) is 0 Å². The predicted molar refractivity (Wildman–Crippen MR) is 56.1 cm³/mol. The number of carbonyl (C=O) groups excluding carboxylic acids is 1. The molecule has 0 spiro atoms. The fourth-order valence-electron chi connectivity index (χ4n) is 1.42. The zero-order valence-corrected chi connectivity index (χ0v) is 8.79. The summed E-state index contributed by atoms with van der Waals surface area (Å²) < 4.78 is 7.43. The number of hydrogen-bond donors (Lipinski definition) is 0. The van der Waals surface area contributed by atoms with Crippen molar-refractivity contribution in [3.8, 4) is 0 Å². The average Bonchev–Trinajstić information content (AvgIpc) is 2.71. The summed E-state index contributed by atoms with van der Waals surface area (Å²) in [4.78, 5) is 27.0. The lowest BCUT2D eigenvalue weighted by atomic mass is 10.5. The molecule has 2 heterocycles. The van der Waals surface area contributed by atoms with Crippen molar-refractivity contribution in [2.45, 2.75) is 13.5 Å². The minimum absolute atomic E-state index is 0.0825. The van der Waals surface area contributed by atoms with Crippen LogP contribution in [-0.2, 0) is 16.1 Å². The Labute approximate surface area is 91.1 Å². The van der Waals surface area contributed by atoms with Crippen LogP contribution >= 0.6 is 0 Å². The molecule has 2 aromatic rings. The minimum atomic E-state index is -0.427. The van der Waals surface area contributed by atoms with Crippen LogP contribution in [-0.4, -0.2) is 26.5 Å². The largest absolute Gasteiger partial charge is 0.465 e. The topological polar surface area (TPSA) is 65.6 Å². The first-order valence-corrected chi connectivity index (χ1v) is 4.90. The Morgan fingerprint density at radius 3 is 3.06 bits per heavy atom. The van der Waals surface area contributed by atoms with E-state index < -0.39 is 5.97 Å². The van der Waals surface area contributed by atoms with Crippen molar-refractivity contribution >= 4 is 11.6 Å². The van der Waals surface area contributed by atoms with Gasteiger partial charge in [-0.2, -0.15) is 0 Å². The van der Waals surface area contributed by atoms with Gasteiger partial charge in [-0.25, -0.2) is 9.78 Å². The van der Waals surface area contributed by atoms with Crippen molar-refractivity contribution in [2.24, 2.45) is 0 Å². The van der Waals surface area contributed by atoms with E-state index in [2.05, 4.69) is 4.98 Å². The molecule has 6 nitrogen and oxygen atoms in total. The van der Waals surface area contributed by atoms with Crippen molar-refractivity contribution in [2.75, 3.05) is 6.61 Å². The van der Waals surface area contributed by atoms with Crippen molar-refractivity contribution in [1.29, 1.82) is 0 Å². The van der Waals surface area contributed by atoms with E-state index in [-0.39, 0.29) is 12.2 Å². The summed E-state index contributed by atoms with van der Waals surface area (Å²) >= 11 is 0. The highest BCUT2D eigenvalue weighted by atomic mass is 16.5. The fraction of sp³-hybridized carbons (Fsp3) is 0.300. The van der Waals surface area contributed by atoms with Crippen molar-refractivity contribution in [3.63, 3.8) is 0 Å². The summed E-state index contributed by atoms with van der Waals surface area (Å²) in [5.74, 6) is -0.427. The van der Waals surface area contributed by atoms with E-state index in [0.29, 0.717) is 12.3 Å². The fourth-order valence-corrected chi connectivity index (χ4v) is 1.42. The van der Waals surface area contributed by atoms with Gasteiger partial charge in [0.2, 0.25) is 0 Å². The number of ether oxygens (including phenoxy) is 1. The van der Waals surface area contributed by atoms with Crippen molar-refractivity contribution < 1.29 is 9.53 Å². The number of hydrogen-bond acceptors (Lipinski definition) is 4. The first-order valence-electron chi connectivity index (χ1n) is 4.90. The molecule has 2 aromatic heterocycles. The molecule has 2 rings (SSSR count). The Bertz CT molecular complexity index is 570. The molecule has 0 N–H and O–H groups in total. The molecule has 0 saturated carbocycles. The number of nitrogens with zero attached hydrogens (tertiary/aromatic N) is 3. The number of aromatic nitrogens is 3. The van der Waals surface area contributed by atoms with Crippen LogP contribution in [0.15, 0.2) is 29.5 Å². The third kappa shape index (κ3) is 1.81. The van der Waals surface area contributed by atoms with Crippen LogP contribution in [0.25, 0.3) is 5.65 Å². The summed E-state index contributed by atoms with van der Waals surface area (Å²) in [6.07, 6.45) is 4.62. The van der Waals surface area contributed by atoms with Gasteiger partial charge < -0.3 is 4.74 Å². The van der Waals surface area contributed by atoms with E-state index in [1.165, 1.54) is 21.4 Å². The Hall–Kier alpha value is -2.11. The normalized spacial score (nSPS) is 10.6. The number of fused-ring (bicyclic) bond motifs is 1. The molecule has 0 unspecified atom stereocenters. The maximum atomic E-state index is 11.8. The van der Waals surface area contributed by atoms with E-state index in [4.69, 9.17) is 4.74 Å². The molecule has 0 bridgehead atoms. The highest BCUT2D eigenvalue weighted by molar-refractivity contribution is 5.69. The summed E-state index contributed by atoms with van der Waals surface area (Å²) in [5.41, 5.74) is 0.258. The van der Waals surface area contributed by atoms with Gasteiger partial charge in [-0.3, -0.25) is 13.8 Å². The first kappa shape index (κ1) is 10.4. The molecule has 84 valence electrons. The maximum Gasteiger partial charge on any atom is 0.334 e. The van der Waals surface area contributed by atoms with Crippen LogP contribution in [0, 0.1) is 0 Å². The van der Waals surface area contributed by atoms with Crippen LogP contribution in [0.3, 0.4) is 0 Å². The lowest BCUT2D eigenvalue weighted by Gasteiger charge is -2.05. The summed E-state index contributed by atoms with van der Waals surface area (Å²) in [6, 6.07) is 1.67. The Morgan fingerprint density at radius 1 is 1.50 bits per heavy atom. The maximum absolute atomic E-state index is 11.8. The second kappa shape index (κ2) is 4.18. The summed E-state index contributed by atoms with van der Waals surface area (Å²) in [5, 5.41) is 0. The predicted octanol–water partition coefficient (Wildman–Crippen LogP) is 0.0591. The molecule has 0 aliphatic heterocycles. The lowest BCUT2D eigenvalue weighted by Crippen LogP contribution is -2.29. The second-order valence-corrected chi connectivity index (χ2v) is 3.19. The number of imidazole rings is 1. The first-order chi connectivity index (χ1) is 7.72. The standard InChI is InChI=1S/C10H11N3O3/c1-2-16-9(14)7-12-5-3-8-11-4-6-13(8)10(12)15/h3-6H,2,7H2,1H3. The molecule has 0 saturated heterocycles. The second-order valence-electron chi connectivity index (χ2n) is 3.19. The molecule has 0 aromatic carbocycles. The van der Waals surface area contributed by atoms with Gasteiger partial charge in [0.05, 0.1) is 6.61 Å². The molecule has 0 atom stereocenters. The molecule has 0 radical (unpaired) electrons. The highest BCUT2D eigenvalue weighted by Gasteiger charge is 2.07. The van der Waals surface area contributed by atoms with E-state index in [0.717, 1.165) is 0 Å². The number of esters is 1. The van der Waals surface area contributed by atoms with E-state index in [9.17, 15) is 9.59 Å². The van der Waals surface area contributed by atoms with Crippen LogP contribution in [0.4, 0.5) is 0 Å². The highest BCUT2D eigenvalue weighted by Crippen LogP contribution is 1.95. The molecule has 0 aliphatic rings. The zero-order valence-electron chi connectivity index (χ0n) is 8.79. The smallest absolute Gasteiger partial charge is 0.334 e. The van der Waals surface area contributed by atoms with Crippen LogP contribution in [0.2, 0.25) is 0 Å². The molecular weight excluding hydrogens is 210 g/mol. The third-order valence-corrected chi connectivity index (χ3v) is 2.13. The quantitative estimate of drug-likeness (QED) is 0.687. The third-order valence-electron chi connectivity index (χ3n) is 2.13. The van der Waals surface area contributed by atoms with Gasteiger partial charge in [-0.1, -0.05) is 0 Å². The monoisotopic (exact) mass is 221 g/mol. The molecule has 6 heteroatoms. The minimum Gasteiger partial charge on any atom is -0.465 e. The zero-order chi connectivity index (χ0) is 11.5. The van der Waals surface area contributed by atoms with E-state index >= 15 is 0 Å². The Kier molecular flexibility index (Phi) is 2.72. The van der Waals surface area contributed by atoms with Gasteiger partial charge in [0.25, 0.3) is 0 Å². The molecular formula is C10H11N3O3. The summed E-state index contributed by atoms with van der Waals surface area (Å²) in [6.45, 7) is 1.95. The van der Waals surface area contributed by atoms with Gasteiger partial charge in [-0.15, -0.1) is 0 Å². The summed E-state index contributed by atoms with van der Waals surface area (Å²) in [7, 11) is 0. The van der Waals surface area contributed by atoms with Crippen LogP contribution in [0.5, 0.6) is 0 Å². The van der Waals surface area contributed by atoms with Crippen LogP contribution in [0.1, 0.15) is 6.92 Å². The number of rotatable bonds is 3. The number of carbonyl (C=O) groups is 1. The Morgan fingerprint density at radius 2 is 2.31 bits per heavy atom. The van der Waals surface area contributed by atoms with Crippen molar-refractivity contribution in [1.82, 2.24) is 14.0 Å².